The maximum Gasteiger partial charge on any atom is 0.350 e. The third-order valence-corrected chi connectivity index (χ3v) is 17.8. The summed E-state index contributed by atoms with van der Waals surface area (Å²) < 4.78 is 25.9. The van der Waals surface area contributed by atoms with Gasteiger partial charge in [0, 0.05) is 33.0 Å². The summed E-state index contributed by atoms with van der Waals surface area (Å²) in [5, 5.41) is 0.252. The minimum Gasteiger partial charge on any atom is -0.387 e. The lowest BCUT2D eigenvalue weighted by Gasteiger charge is -2.54. The summed E-state index contributed by atoms with van der Waals surface area (Å²) in [5.41, 5.74) is 0. The van der Waals surface area contributed by atoms with Crippen molar-refractivity contribution in [2.45, 2.75) is 147 Å². The molecular formula is C29H54O4Si2. The second-order valence-corrected chi connectivity index (χ2v) is 23.9. The topological polar surface area (TPSA) is 36.9 Å². The van der Waals surface area contributed by atoms with E-state index < -0.39 is 17.1 Å². The van der Waals surface area contributed by atoms with E-state index in [2.05, 4.69) is 114 Å². The Hall–Kier alpha value is -0.506. The largest absolute Gasteiger partial charge is 0.387 e. The van der Waals surface area contributed by atoms with Gasteiger partial charge in [0.1, 0.15) is 0 Å². The van der Waals surface area contributed by atoms with Gasteiger partial charge in [-0.15, -0.1) is 6.58 Å². The van der Waals surface area contributed by atoms with Crippen LogP contribution in [0, 0.1) is 0 Å². The van der Waals surface area contributed by atoms with E-state index in [1.54, 1.807) is 0 Å². The first-order valence-electron chi connectivity index (χ1n) is 13.4. The zero-order valence-electron chi connectivity index (χ0n) is 25.0. The summed E-state index contributed by atoms with van der Waals surface area (Å²) in [6.45, 7) is 33.0. The van der Waals surface area contributed by atoms with Crippen molar-refractivity contribution < 1.29 is 17.7 Å². The summed E-state index contributed by atoms with van der Waals surface area (Å²) in [5.74, 6) is 0. The fourth-order valence-electron chi connectivity index (χ4n) is 6.18. The van der Waals surface area contributed by atoms with Crippen molar-refractivity contribution in [2.75, 3.05) is 0 Å². The van der Waals surface area contributed by atoms with E-state index in [-0.39, 0.29) is 32.4 Å². The van der Waals surface area contributed by atoms with Crippen molar-refractivity contribution >= 4 is 17.1 Å². The Morgan fingerprint density at radius 1 is 0.629 bits per heavy atom. The maximum absolute atomic E-state index is 6.56. The maximum atomic E-state index is 6.56. The van der Waals surface area contributed by atoms with Gasteiger partial charge in [-0.3, -0.25) is 0 Å². The number of allylic oxidation sites excluding steroid dienone is 1. The first-order chi connectivity index (χ1) is 15.7. The van der Waals surface area contributed by atoms with Crippen LogP contribution in [0.4, 0.5) is 0 Å². The predicted molar refractivity (Wildman–Crippen MR) is 153 cm³/mol. The van der Waals surface area contributed by atoms with Crippen LogP contribution in [0.25, 0.3) is 0 Å². The third-order valence-electron chi connectivity index (χ3n) is 7.36. The van der Waals surface area contributed by atoms with Crippen molar-refractivity contribution in [2.24, 2.45) is 0 Å². The van der Waals surface area contributed by atoms with Gasteiger partial charge < -0.3 is 17.7 Å². The average molecular weight is 523 g/mol. The van der Waals surface area contributed by atoms with Crippen molar-refractivity contribution in [1.29, 1.82) is 0 Å². The van der Waals surface area contributed by atoms with Crippen LogP contribution in [-0.2, 0) is 17.7 Å². The standard InChI is InChI=1S/C16H30O2Si.C13H24O2Si/c1-9-11-14-12-13(10-2)17-19(18-14,15(3,4)5)16(6,7)8;1-12(2,3)16(13(4,5)6)14-10-7-8-11(9-10)15-16/h9-11,13-14H,2,12H2,1,3-8H3;7-8,10-11H,9H2,1-6H3/b11-9+;. The van der Waals surface area contributed by atoms with Crippen LogP contribution in [0.2, 0.25) is 20.2 Å². The van der Waals surface area contributed by atoms with Gasteiger partial charge in [0.2, 0.25) is 0 Å². The monoisotopic (exact) mass is 522 g/mol. The molecule has 35 heavy (non-hydrogen) atoms. The van der Waals surface area contributed by atoms with Gasteiger partial charge in [-0.1, -0.05) is 113 Å². The van der Waals surface area contributed by atoms with Crippen LogP contribution in [-0.4, -0.2) is 41.5 Å². The van der Waals surface area contributed by atoms with Crippen LogP contribution in [0.1, 0.15) is 103 Å². The van der Waals surface area contributed by atoms with E-state index >= 15 is 0 Å². The Labute approximate surface area is 219 Å². The molecule has 0 amide bonds. The van der Waals surface area contributed by atoms with E-state index in [1.807, 2.05) is 13.0 Å². The van der Waals surface area contributed by atoms with Crippen LogP contribution >= 0.6 is 0 Å². The number of rotatable bonds is 2. The fraction of sp³-hybridized carbons (Fsp3) is 0.793. The minimum atomic E-state index is -2.39. The van der Waals surface area contributed by atoms with Gasteiger partial charge in [-0.05, 0) is 6.92 Å². The molecule has 4 unspecified atom stereocenters. The van der Waals surface area contributed by atoms with E-state index in [9.17, 15) is 0 Å². The van der Waals surface area contributed by atoms with Crippen LogP contribution < -0.4 is 0 Å². The number of hydrogen-bond donors (Lipinski definition) is 0. The highest BCUT2D eigenvalue weighted by molar-refractivity contribution is 6.74. The molecule has 2 fully saturated rings. The first kappa shape index (κ1) is 30.7. The Bertz CT molecular complexity index is 745. The van der Waals surface area contributed by atoms with Crippen LogP contribution in [0.15, 0.2) is 37.0 Å². The minimum absolute atomic E-state index is 0.0206. The van der Waals surface area contributed by atoms with Crippen molar-refractivity contribution in [3.8, 4) is 0 Å². The predicted octanol–water partition coefficient (Wildman–Crippen LogP) is 8.74. The fourth-order valence-corrected chi connectivity index (χ4v) is 16.0. The quantitative estimate of drug-likeness (QED) is 0.268. The van der Waals surface area contributed by atoms with Gasteiger partial charge in [-0.2, -0.15) is 0 Å². The van der Waals surface area contributed by atoms with Crippen molar-refractivity contribution in [3.63, 3.8) is 0 Å². The Morgan fingerprint density at radius 2 is 1.00 bits per heavy atom. The molecule has 0 N–H and O–H groups in total. The molecule has 4 nitrogen and oxygen atoms in total. The smallest absolute Gasteiger partial charge is 0.350 e. The van der Waals surface area contributed by atoms with Gasteiger partial charge in [0.15, 0.2) is 0 Å². The molecule has 0 radical (unpaired) electrons. The van der Waals surface area contributed by atoms with E-state index in [0.717, 1.165) is 12.8 Å². The molecule has 4 atom stereocenters. The zero-order valence-corrected chi connectivity index (χ0v) is 27.0. The second kappa shape index (κ2) is 10.3. The summed E-state index contributed by atoms with van der Waals surface area (Å²) in [6.07, 6.45) is 13.2. The highest BCUT2D eigenvalue weighted by Gasteiger charge is 2.63. The molecular weight excluding hydrogens is 468 g/mol. The lowest BCUT2D eigenvalue weighted by atomic mass is 10.1. The highest BCUT2D eigenvalue weighted by atomic mass is 28.4. The Balaban J connectivity index is 0.000000250. The molecule has 2 saturated heterocycles. The molecule has 2 aliphatic heterocycles. The van der Waals surface area contributed by atoms with E-state index in [0.29, 0.717) is 12.2 Å². The Morgan fingerprint density at radius 3 is 1.34 bits per heavy atom. The zero-order chi connectivity index (χ0) is 27.1. The van der Waals surface area contributed by atoms with Crippen molar-refractivity contribution in [1.82, 2.24) is 0 Å². The Kier molecular flexibility index (Phi) is 9.07. The lowest BCUT2D eigenvalue weighted by molar-refractivity contribution is 0.0126. The molecule has 3 aliphatic rings. The van der Waals surface area contributed by atoms with Gasteiger partial charge in [0.05, 0.1) is 24.4 Å². The molecule has 3 rings (SSSR count). The van der Waals surface area contributed by atoms with Gasteiger partial charge in [-0.25, -0.2) is 0 Å². The molecule has 2 heterocycles. The molecule has 0 aromatic heterocycles. The summed E-state index contributed by atoms with van der Waals surface area (Å²) in [4.78, 5) is 0. The summed E-state index contributed by atoms with van der Waals surface area (Å²) >= 11 is 0. The second-order valence-electron chi connectivity index (χ2n) is 14.5. The molecule has 1 aliphatic carbocycles. The molecule has 0 aromatic rings. The van der Waals surface area contributed by atoms with E-state index in [4.69, 9.17) is 17.7 Å². The molecule has 0 saturated carbocycles. The third kappa shape index (κ3) is 6.15. The normalized spacial score (nSPS) is 30.7. The highest BCUT2D eigenvalue weighted by Crippen LogP contribution is 2.56. The number of hydrogen-bond acceptors (Lipinski definition) is 4. The van der Waals surface area contributed by atoms with Crippen LogP contribution in [0.5, 0.6) is 0 Å². The molecule has 0 spiro atoms. The van der Waals surface area contributed by atoms with E-state index in [1.165, 1.54) is 0 Å². The number of fused-ring (bicyclic) bond motifs is 2. The SMILES string of the molecule is C=CC1CC(/C=C/C)O[Si](C(C)(C)C)(C(C)(C)C)O1.CC(C)(C)[Si]1(C(C)(C)C)OC2C=CC(C2)O1. The van der Waals surface area contributed by atoms with Gasteiger partial charge >= 0.3 is 17.1 Å². The van der Waals surface area contributed by atoms with Gasteiger partial charge in [0.25, 0.3) is 0 Å². The summed E-state index contributed by atoms with van der Waals surface area (Å²) in [6, 6.07) is 0. The lowest BCUT2D eigenvalue weighted by Crippen LogP contribution is -2.63. The van der Waals surface area contributed by atoms with Crippen molar-refractivity contribution in [3.05, 3.63) is 37.0 Å². The molecule has 2 bridgehead atoms. The molecule has 0 aromatic carbocycles. The molecule has 6 heteroatoms. The van der Waals surface area contributed by atoms with Crippen LogP contribution in [0.3, 0.4) is 0 Å². The molecule has 202 valence electrons. The summed E-state index contributed by atoms with van der Waals surface area (Å²) in [7, 11) is -4.60. The first-order valence-corrected chi connectivity index (χ1v) is 17.0. The average Bonchev–Trinajstić information content (AvgIpc) is 3.02.